The Hall–Kier alpha value is -1.92. The smallest absolute Gasteiger partial charge is 0.274 e. The minimum atomic E-state index is -0.195. The molecule has 1 aliphatic rings. The van der Waals surface area contributed by atoms with E-state index in [1.165, 1.54) is 0 Å². The number of nitrogens with zero attached hydrogens (tertiary/aromatic N) is 4. The summed E-state index contributed by atoms with van der Waals surface area (Å²) in [5.74, 6) is -0.0100. The number of pyridine rings is 1. The number of hydrogen-bond acceptors (Lipinski definition) is 4. The zero-order valence-electron chi connectivity index (χ0n) is 15.2. The third-order valence-electron chi connectivity index (χ3n) is 4.96. The molecule has 6 heteroatoms. The average Bonchev–Trinajstić information content (AvgIpc) is 2.99. The summed E-state index contributed by atoms with van der Waals surface area (Å²) in [4.78, 5) is 21.6. The Labute approximate surface area is 149 Å². The number of rotatable bonds is 6. The van der Waals surface area contributed by atoms with E-state index in [2.05, 4.69) is 16.8 Å². The van der Waals surface area contributed by atoms with Crippen LogP contribution in [0, 0.1) is 0 Å². The molecule has 136 valence electrons. The van der Waals surface area contributed by atoms with Crippen molar-refractivity contribution in [3.8, 4) is 0 Å². The Morgan fingerprint density at radius 2 is 2.12 bits per heavy atom. The molecule has 0 aliphatic carbocycles. The molecule has 0 saturated carbocycles. The maximum absolute atomic E-state index is 12.9. The fourth-order valence-electron chi connectivity index (χ4n) is 3.34. The number of hydrogen-bond donors (Lipinski definition) is 1. The predicted octanol–water partition coefficient (Wildman–Crippen LogP) is 2.16. The number of imidazole rings is 1. The van der Waals surface area contributed by atoms with Gasteiger partial charge in [-0.05, 0) is 31.4 Å². The molecule has 0 radical (unpaired) electrons. The standard InChI is InChI=1S/C19H28N4O2/c1-3-4-10-21(2)19(25)18-16(14-22-12-8-15(24)9-13-22)23-11-6-5-7-17(23)20-18/h5-7,11,15,24H,3-4,8-10,12-14H2,1-2H3. The zero-order valence-corrected chi connectivity index (χ0v) is 15.2. The molecule has 6 nitrogen and oxygen atoms in total. The SMILES string of the molecule is CCCCN(C)C(=O)c1nc2ccccn2c1CN1CCC(O)CC1. The lowest BCUT2D eigenvalue weighted by molar-refractivity contribution is 0.0749. The minimum absolute atomic E-state index is 0.0100. The van der Waals surface area contributed by atoms with E-state index in [1.807, 2.05) is 35.8 Å². The maximum atomic E-state index is 12.9. The van der Waals surface area contributed by atoms with Crippen molar-refractivity contribution in [1.82, 2.24) is 19.2 Å². The highest BCUT2D eigenvalue weighted by atomic mass is 16.3. The summed E-state index contributed by atoms with van der Waals surface area (Å²) in [5.41, 5.74) is 2.30. The second kappa shape index (κ2) is 7.97. The first kappa shape index (κ1) is 17.9. The second-order valence-electron chi connectivity index (χ2n) is 6.92. The summed E-state index contributed by atoms with van der Waals surface area (Å²) in [6.45, 7) is 5.25. The molecule has 0 spiro atoms. The molecule has 2 aromatic rings. The minimum Gasteiger partial charge on any atom is -0.393 e. The number of aliphatic hydroxyl groups is 1. The van der Waals surface area contributed by atoms with Crippen LogP contribution < -0.4 is 0 Å². The van der Waals surface area contributed by atoms with E-state index in [1.54, 1.807) is 4.90 Å². The van der Waals surface area contributed by atoms with Crippen molar-refractivity contribution in [1.29, 1.82) is 0 Å². The van der Waals surface area contributed by atoms with Gasteiger partial charge in [0, 0.05) is 39.4 Å². The summed E-state index contributed by atoms with van der Waals surface area (Å²) in [5, 5.41) is 9.72. The van der Waals surface area contributed by atoms with Gasteiger partial charge in [0.15, 0.2) is 5.69 Å². The van der Waals surface area contributed by atoms with Crippen LogP contribution in [0.5, 0.6) is 0 Å². The van der Waals surface area contributed by atoms with Crippen molar-refractivity contribution in [3.05, 3.63) is 35.8 Å². The summed E-state index contributed by atoms with van der Waals surface area (Å²) in [7, 11) is 1.85. The van der Waals surface area contributed by atoms with Crippen LogP contribution in [0.1, 0.15) is 48.8 Å². The number of piperidine rings is 1. The number of carbonyl (C=O) groups is 1. The van der Waals surface area contributed by atoms with Crippen LogP contribution in [-0.4, -0.2) is 63.0 Å². The number of aromatic nitrogens is 2. The first-order chi connectivity index (χ1) is 12.1. The van der Waals surface area contributed by atoms with Gasteiger partial charge in [0.05, 0.1) is 11.8 Å². The van der Waals surface area contributed by atoms with E-state index in [4.69, 9.17) is 0 Å². The van der Waals surface area contributed by atoms with Gasteiger partial charge in [-0.1, -0.05) is 19.4 Å². The van der Waals surface area contributed by atoms with E-state index < -0.39 is 0 Å². The third-order valence-corrected chi connectivity index (χ3v) is 4.96. The normalized spacial score (nSPS) is 16.4. The van der Waals surface area contributed by atoms with Crippen LogP contribution >= 0.6 is 0 Å². The van der Waals surface area contributed by atoms with Gasteiger partial charge in [-0.15, -0.1) is 0 Å². The van der Waals surface area contributed by atoms with E-state index in [-0.39, 0.29) is 12.0 Å². The summed E-state index contributed by atoms with van der Waals surface area (Å²) < 4.78 is 2.02. The Bertz CT molecular complexity index is 719. The van der Waals surface area contributed by atoms with Crippen molar-refractivity contribution in [2.45, 2.75) is 45.3 Å². The second-order valence-corrected chi connectivity index (χ2v) is 6.92. The van der Waals surface area contributed by atoms with E-state index in [0.717, 1.165) is 56.7 Å². The molecule has 1 amide bonds. The van der Waals surface area contributed by atoms with Gasteiger partial charge in [0.1, 0.15) is 5.65 Å². The van der Waals surface area contributed by atoms with Gasteiger partial charge < -0.3 is 14.4 Å². The highest BCUT2D eigenvalue weighted by Gasteiger charge is 2.25. The molecule has 0 bridgehead atoms. The molecule has 25 heavy (non-hydrogen) atoms. The molecule has 1 N–H and O–H groups in total. The fourth-order valence-corrected chi connectivity index (χ4v) is 3.34. The highest BCUT2D eigenvalue weighted by Crippen LogP contribution is 2.19. The molecule has 0 unspecified atom stereocenters. The van der Waals surface area contributed by atoms with Crippen LogP contribution in [-0.2, 0) is 6.54 Å². The third kappa shape index (κ3) is 4.02. The van der Waals surface area contributed by atoms with E-state index in [0.29, 0.717) is 12.2 Å². The molecule has 1 saturated heterocycles. The first-order valence-electron chi connectivity index (χ1n) is 9.22. The van der Waals surface area contributed by atoms with Gasteiger partial charge in [0.2, 0.25) is 0 Å². The molecular formula is C19H28N4O2. The fraction of sp³-hybridized carbons (Fsp3) is 0.579. The Kier molecular flexibility index (Phi) is 5.71. The number of carbonyl (C=O) groups excluding carboxylic acids is 1. The number of fused-ring (bicyclic) bond motifs is 1. The molecular weight excluding hydrogens is 316 g/mol. The van der Waals surface area contributed by atoms with Gasteiger partial charge in [-0.25, -0.2) is 4.98 Å². The van der Waals surface area contributed by atoms with Gasteiger partial charge >= 0.3 is 0 Å². The maximum Gasteiger partial charge on any atom is 0.274 e. The van der Waals surface area contributed by atoms with Crippen molar-refractivity contribution in [2.24, 2.45) is 0 Å². The monoisotopic (exact) mass is 344 g/mol. The van der Waals surface area contributed by atoms with Crippen LogP contribution in [0.25, 0.3) is 5.65 Å². The Balaban J connectivity index is 1.88. The lowest BCUT2D eigenvalue weighted by Gasteiger charge is -2.29. The molecule has 1 fully saturated rings. The highest BCUT2D eigenvalue weighted by molar-refractivity contribution is 5.94. The predicted molar refractivity (Wildman–Crippen MR) is 97.6 cm³/mol. The van der Waals surface area contributed by atoms with Crippen LogP contribution in [0.4, 0.5) is 0 Å². The molecule has 1 aliphatic heterocycles. The topological polar surface area (TPSA) is 61.1 Å². The molecule has 0 aromatic carbocycles. The van der Waals surface area contributed by atoms with Crippen molar-refractivity contribution in [2.75, 3.05) is 26.7 Å². The number of likely N-dealkylation sites (tertiary alicyclic amines) is 1. The quantitative estimate of drug-likeness (QED) is 0.872. The van der Waals surface area contributed by atoms with Crippen molar-refractivity contribution < 1.29 is 9.90 Å². The molecule has 3 heterocycles. The van der Waals surface area contributed by atoms with Crippen LogP contribution in [0.15, 0.2) is 24.4 Å². The molecule has 2 aromatic heterocycles. The summed E-state index contributed by atoms with van der Waals surface area (Å²) in [6.07, 6.45) is 5.41. The molecule has 3 rings (SSSR count). The van der Waals surface area contributed by atoms with Crippen LogP contribution in [0.3, 0.4) is 0 Å². The van der Waals surface area contributed by atoms with Gasteiger partial charge in [0.25, 0.3) is 5.91 Å². The average molecular weight is 344 g/mol. The van der Waals surface area contributed by atoms with Crippen LogP contribution in [0.2, 0.25) is 0 Å². The van der Waals surface area contributed by atoms with Gasteiger partial charge in [-0.3, -0.25) is 9.69 Å². The lowest BCUT2D eigenvalue weighted by atomic mass is 10.1. The Morgan fingerprint density at radius 3 is 2.84 bits per heavy atom. The molecule has 0 atom stereocenters. The van der Waals surface area contributed by atoms with Gasteiger partial charge in [-0.2, -0.15) is 0 Å². The van der Waals surface area contributed by atoms with E-state index in [9.17, 15) is 9.90 Å². The van der Waals surface area contributed by atoms with Crippen molar-refractivity contribution >= 4 is 11.6 Å². The van der Waals surface area contributed by atoms with E-state index >= 15 is 0 Å². The largest absolute Gasteiger partial charge is 0.393 e. The Morgan fingerprint density at radius 1 is 1.36 bits per heavy atom. The lowest BCUT2D eigenvalue weighted by Crippen LogP contribution is -2.36. The number of unbranched alkanes of at least 4 members (excludes halogenated alkanes) is 1. The first-order valence-corrected chi connectivity index (χ1v) is 9.22. The number of aliphatic hydroxyl groups excluding tert-OH is 1. The zero-order chi connectivity index (χ0) is 17.8. The van der Waals surface area contributed by atoms with Crippen molar-refractivity contribution in [3.63, 3.8) is 0 Å². The summed E-state index contributed by atoms with van der Waals surface area (Å²) >= 11 is 0. The summed E-state index contributed by atoms with van der Waals surface area (Å²) in [6, 6.07) is 5.85. The number of amides is 1.